The van der Waals surface area contributed by atoms with E-state index in [9.17, 15) is 4.79 Å². The minimum atomic E-state index is -0.251. The van der Waals surface area contributed by atoms with E-state index in [-0.39, 0.29) is 5.56 Å². The first-order valence-electron chi connectivity index (χ1n) is 8.65. The van der Waals surface area contributed by atoms with Crippen molar-refractivity contribution in [2.24, 2.45) is 0 Å². The molecule has 1 aliphatic rings. The minimum Gasteiger partial charge on any atom is -0.484 e. The Kier molecular flexibility index (Phi) is 6.03. The SMILES string of the molecule is CCOCCOc1c(N2CCNCC2)cnn(-c2ccccc2)c1=O. The lowest BCUT2D eigenvalue weighted by Crippen LogP contribution is -2.44. The third-order valence-electron chi connectivity index (χ3n) is 4.05. The van der Waals surface area contributed by atoms with Crippen molar-refractivity contribution >= 4 is 5.69 Å². The van der Waals surface area contributed by atoms with E-state index >= 15 is 0 Å². The van der Waals surface area contributed by atoms with E-state index < -0.39 is 0 Å². The molecule has 0 unspecified atom stereocenters. The Balaban J connectivity index is 1.94. The molecule has 1 aliphatic heterocycles. The molecule has 1 N–H and O–H groups in total. The van der Waals surface area contributed by atoms with Crippen molar-refractivity contribution in [2.45, 2.75) is 6.92 Å². The van der Waals surface area contributed by atoms with Gasteiger partial charge in [0.2, 0.25) is 5.75 Å². The van der Waals surface area contributed by atoms with Crippen molar-refractivity contribution in [3.8, 4) is 11.4 Å². The number of piperazine rings is 1. The molecule has 25 heavy (non-hydrogen) atoms. The second-order valence-electron chi connectivity index (χ2n) is 5.69. The first-order chi connectivity index (χ1) is 12.3. The lowest BCUT2D eigenvalue weighted by molar-refractivity contribution is 0.109. The molecule has 0 spiro atoms. The molecule has 7 nitrogen and oxygen atoms in total. The molecule has 0 atom stereocenters. The molecule has 1 fully saturated rings. The summed E-state index contributed by atoms with van der Waals surface area (Å²) in [4.78, 5) is 15.1. The molecule has 1 saturated heterocycles. The first-order valence-corrected chi connectivity index (χ1v) is 8.65. The van der Waals surface area contributed by atoms with Crippen molar-refractivity contribution in [1.29, 1.82) is 0 Å². The monoisotopic (exact) mass is 344 g/mol. The van der Waals surface area contributed by atoms with Gasteiger partial charge in [0.05, 0.1) is 18.5 Å². The van der Waals surface area contributed by atoms with Crippen molar-refractivity contribution in [3.63, 3.8) is 0 Å². The highest BCUT2D eigenvalue weighted by Crippen LogP contribution is 2.24. The molecule has 3 rings (SSSR count). The summed E-state index contributed by atoms with van der Waals surface area (Å²) >= 11 is 0. The summed E-state index contributed by atoms with van der Waals surface area (Å²) in [5.41, 5.74) is 1.21. The summed E-state index contributed by atoms with van der Waals surface area (Å²) in [7, 11) is 0. The number of benzene rings is 1. The van der Waals surface area contributed by atoms with Gasteiger partial charge in [-0.25, -0.2) is 0 Å². The topological polar surface area (TPSA) is 68.6 Å². The zero-order valence-electron chi connectivity index (χ0n) is 14.5. The van der Waals surface area contributed by atoms with E-state index in [1.807, 2.05) is 37.3 Å². The Morgan fingerprint density at radius 3 is 2.64 bits per heavy atom. The van der Waals surface area contributed by atoms with Gasteiger partial charge in [-0.1, -0.05) is 18.2 Å². The van der Waals surface area contributed by atoms with Crippen molar-refractivity contribution in [2.75, 3.05) is 50.9 Å². The van der Waals surface area contributed by atoms with Crippen LogP contribution in [0, 0.1) is 0 Å². The van der Waals surface area contributed by atoms with E-state index in [1.54, 1.807) is 6.20 Å². The van der Waals surface area contributed by atoms with E-state index in [1.165, 1.54) is 4.68 Å². The van der Waals surface area contributed by atoms with Crippen molar-refractivity contribution in [3.05, 3.63) is 46.9 Å². The van der Waals surface area contributed by atoms with E-state index in [0.717, 1.165) is 31.9 Å². The minimum absolute atomic E-state index is 0.251. The number of para-hydroxylation sites is 1. The van der Waals surface area contributed by atoms with Gasteiger partial charge >= 0.3 is 5.56 Å². The molecule has 134 valence electrons. The maximum Gasteiger partial charge on any atom is 0.316 e. The third kappa shape index (κ3) is 4.18. The Morgan fingerprint density at radius 1 is 1.16 bits per heavy atom. The van der Waals surface area contributed by atoms with Gasteiger partial charge in [-0.05, 0) is 19.1 Å². The van der Waals surface area contributed by atoms with Gasteiger partial charge in [-0.2, -0.15) is 9.78 Å². The fraction of sp³-hybridized carbons (Fsp3) is 0.444. The van der Waals surface area contributed by atoms with Crippen molar-refractivity contribution < 1.29 is 9.47 Å². The van der Waals surface area contributed by atoms with Crippen LogP contribution in [0.15, 0.2) is 41.3 Å². The molecular formula is C18H24N4O3. The van der Waals surface area contributed by atoms with Crippen LogP contribution in [-0.4, -0.2) is 55.8 Å². The smallest absolute Gasteiger partial charge is 0.316 e. The molecular weight excluding hydrogens is 320 g/mol. The predicted octanol–water partition coefficient (Wildman–Crippen LogP) is 1.06. The molecule has 2 heterocycles. The van der Waals surface area contributed by atoms with Gasteiger partial charge in [-0.15, -0.1) is 0 Å². The van der Waals surface area contributed by atoms with E-state index in [4.69, 9.17) is 9.47 Å². The Labute approximate surface area is 147 Å². The zero-order chi connectivity index (χ0) is 17.5. The lowest BCUT2D eigenvalue weighted by atomic mass is 10.3. The zero-order valence-corrected chi connectivity index (χ0v) is 14.5. The quantitative estimate of drug-likeness (QED) is 0.758. The van der Waals surface area contributed by atoms with Crippen LogP contribution in [-0.2, 0) is 4.74 Å². The summed E-state index contributed by atoms with van der Waals surface area (Å²) < 4.78 is 12.5. The predicted molar refractivity (Wildman–Crippen MR) is 96.9 cm³/mol. The maximum absolute atomic E-state index is 13.0. The molecule has 2 aromatic rings. The number of nitrogens with zero attached hydrogens (tertiary/aromatic N) is 3. The molecule has 0 saturated carbocycles. The summed E-state index contributed by atoms with van der Waals surface area (Å²) in [5.74, 6) is 0.334. The average molecular weight is 344 g/mol. The highest BCUT2D eigenvalue weighted by atomic mass is 16.5. The summed E-state index contributed by atoms with van der Waals surface area (Å²) in [6, 6.07) is 9.36. The first kappa shape index (κ1) is 17.4. The molecule has 0 bridgehead atoms. The maximum atomic E-state index is 13.0. The fourth-order valence-electron chi connectivity index (χ4n) is 2.80. The number of ether oxygens (including phenoxy) is 2. The molecule has 0 radical (unpaired) electrons. The van der Waals surface area contributed by atoms with Gasteiger partial charge in [0.25, 0.3) is 0 Å². The number of nitrogens with one attached hydrogen (secondary N) is 1. The van der Waals surface area contributed by atoms with Crippen LogP contribution in [0.5, 0.6) is 5.75 Å². The normalized spacial score (nSPS) is 14.5. The van der Waals surface area contributed by atoms with Crippen LogP contribution < -0.4 is 20.5 Å². The molecule has 7 heteroatoms. The number of aromatic nitrogens is 2. The van der Waals surface area contributed by atoms with E-state index in [0.29, 0.717) is 31.3 Å². The lowest BCUT2D eigenvalue weighted by Gasteiger charge is -2.30. The Hall–Kier alpha value is -2.38. The molecule has 1 aromatic carbocycles. The van der Waals surface area contributed by atoms with Crippen LogP contribution in [0.1, 0.15) is 6.92 Å². The van der Waals surface area contributed by atoms with Gasteiger partial charge in [0.1, 0.15) is 12.3 Å². The van der Waals surface area contributed by atoms with Gasteiger partial charge < -0.3 is 19.7 Å². The summed E-state index contributed by atoms with van der Waals surface area (Å²) in [5, 5.41) is 7.67. The van der Waals surface area contributed by atoms with Gasteiger partial charge in [-0.3, -0.25) is 4.79 Å². The van der Waals surface area contributed by atoms with Crippen LogP contribution in [0.4, 0.5) is 5.69 Å². The van der Waals surface area contributed by atoms with Gasteiger partial charge in [0.15, 0.2) is 0 Å². The highest BCUT2D eigenvalue weighted by molar-refractivity contribution is 5.57. The number of hydrogen-bond acceptors (Lipinski definition) is 6. The standard InChI is InChI=1S/C18H24N4O3/c1-2-24-12-13-25-17-16(21-10-8-19-9-11-21)14-20-22(18(17)23)15-6-4-3-5-7-15/h3-7,14,19H,2,8-13H2,1H3. The summed E-state index contributed by atoms with van der Waals surface area (Å²) in [6.45, 7) is 6.72. The van der Waals surface area contributed by atoms with Crippen LogP contribution in [0.2, 0.25) is 0 Å². The van der Waals surface area contributed by atoms with E-state index in [2.05, 4.69) is 15.3 Å². The van der Waals surface area contributed by atoms with Crippen molar-refractivity contribution in [1.82, 2.24) is 15.1 Å². The van der Waals surface area contributed by atoms with Crippen LogP contribution in [0.3, 0.4) is 0 Å². The number of anilines is 1. The summed E-state index contributed by atoms with van der Waals surface area (Å²) in [6.07, 6.45) is 1.72. The average Bonchev–Trinajstić information content (AvgIpc) is 2.67. The molecule has 0 aliphatic carbocycles. The second-order valence-corrected chi connectivity index (χ2v) is 5.69. The van der Waals surface area contributed by atoms with Crippen LogP contribution >= 0.6 is 0 Å². The fourth-order valence-corrected chi connectivity index (χ4v) is 2.80. The number of rotatable bonds is 7. The number of hydrogen-bond donors (Lipinski definition) is 1. The second kappa shape index (κ2) is 8.64. The van der Waals surface area contributed by atoms with Crippen LogP contribution in [0.25, 0.3) is 5.69 Å². The Bertz CT molecular complexity index is 727. The highest BCUT2D eigenvalue weighted by Gasteiger charge is 2.20. The largest absolute Gasteiger partial charge is 0.484 e. The third-order valence-corrected chi connectivity index (χ3v) is 4.05. The molecule has 0 amide bonds. The molecule has 1 aromatic heterocycles. The van der Waals surface area contributed by atoms with Gasteiger partial charge in [0, 0.05) is 32.8 Å². The Morgan fingerprint density at radius 2 is 1.92 bits per heavy atom.